The van der Waals surface area contributed by atoms with Gasteiger partial charge in [0.05, 0.1) is 18.3 Å². The molecule has 1 N–H and O–H groups in total. The van der Waals surface area contributed by atoms with Crippen molar-refractivity contribution < 1.29 is 9.53 Å². The summed E-state index contributed by atoms with van der Waals surface area (Å²) < 4.78 is 9.32. The molecule has 0 unspecified atom stereocenters. The number of hydrogen-bond acceptors (Lipinski definition) is 4. The third kappa shape index (κ3) is 3.52. The van der Waals surface area contributed by atoms with Crippen LogP contribution in [0.4, 0.5) is 5.69 Å². The van der Waals surface area contributed by atoms with Crippen LogP contribution in [0.25, 0.3) is 22.2 Å². The summed E-state index contributed by atoms with van der Waals surface area (Å²) in [4.78, 5) is 38.7. The van der Waals surface area contributed by atoms with Gasteiger partial charge in [-0.3, -0.25) is 18.7 Å². The number of nitrogens with one attached hydrogen (secondary N) is 1. The Labute approximate surface area is 177 Å². The topological polar surface area (TPSA) is 87.3 Å². The fourth-order valence-corrected chi connectivity index (χ4v) is 3.72. The number of methoxy groups -OCH3 is 1. The summed E-state index contributed by atoms with van der Waals surface area (Å²) in [5.41, 5.74) is 1.86. The molecule has 0 bridgehead atoms. The first-order valence-electron chi connectivity index (χ1n) is 9.69. The standard InChI is InChI=1S/C23H22N4O4/c1-25-13-16(15-9-5-4-6-10-15)20-21(25)22(29)26(2)23(30)27(20)14-19(28)24-17-11-7-8-12-18(17)31-3/h4-13H,14H2,1-3H3,(H,24,28). The van der Waals surface area contributed by atoms with E-state index in [9.17, 15) is 14.4 Å². The van der Waals surface area contributed by atoms with Crippen LogP contribution in [0.3, 0.4) is 0 Å². The molecule has 2 heterocycles. The maximum atomic E-state index is 13.0. The zero-order valence-electron chi connectivity index (χ0n) is 17.5. The van der Waals surface area contributed by atoms with Crippen molar-refractivity contribution in [2.75, 3.05) is 12.4 Å². The summed E-state index contributed by atoms with van der Waals surface area (Å²) >= 11 is 0. The zero-order valence-corrected chi connectivity index (χ0v) is 17.5. The fraction of sp³-hybridized carbons (Fsp3) is 0.174. The summed E-state index contributed by atoms with van der Waals surface area (Å²) in [6.07, 6.45) is 1.80. The van der Waals surface area contributed by atoms with Gasteiger partial charge in [-0.15, -0.1) is 0 Å². The van der Waals surface area contributed by atoms with Crippen molar-refractivity contribution >= 4 is 22.6 Å². The van der Waals surface area contributed by atoms with Gasteiger partial charge in [-0.05, 0) is 17.7 Å². The number of nitrogens with zero attached hydrogens (tertiary/aromatic N) is 3. The van der Waals surface area contributed by atoms with Crippen LogP contribution in [-0.4, -0.2) is 26.7 Å². The minimum atomic E-state index is -0.559. The van der Waals surface area contributed by atoms with Gasteiger partial charge in [-0.25, -0.2) is 4.79 Å². The molecule has 0 aliphatic heterocycles. The van der Waals surface area contributed by atoms with Crippen molar-refractivity contribution in [3.05, 3.63) is 81.6 Å². The van der Waals surface area contributed by atoms with Crippen molar-refractivity contribution in [2.45, 2.75) is 6.54 Å². The Morgan fingerprint density at radius 2 is 1.65 bits per heavy atom. The van der Waals surface area contributed by atoms with Gasteiger partial charge < -0.3 is 14.6 Å². The number of amides is 1. The fourth-order valence-electron chi connectivity index (χ4n) is 3.72. The highest BCUT2D eigenvalue weighted by molar-refractivity contribution is 5.96. The molecule has 4 aromatic rings. The van der Waals surface area contributed by atoms with Crippen LogP contribution in [0.15, 0.2) is 70.4 Å². The molecule has 8 nitrogen and oxygen atoms in total. The summed E-state index contributed by atoms with van der Waals surface area (Å²) in [5, 5.41) is 2.78. The second-order valence-electron chi connectivity index (χ2n) is 7.20. The number of carbonyl (C=O) groups excluding carboxylic acids is 1. The molecule has 2 aromatic heterocycles. The first-order chi connectivity index (χ1) is 14.9. The number of fused-ring (bicyclic) bond motifs is 1. The Morgan fingerprint density at radius 3 is 2.35 bits per heavy atom. The highest BCUT2D eigenvalue weighted by Gasteiger charge is 2.21. The molecule has 0 aliphatic rings. The van der Waals surface area contributed by atoms with Crippen molar-refractivity contribution in [1.82, 2.24) is 13.7 Å². The van der Waals surface area contributed by atoms with Gasteiger partial charge in [0.25, 0.3) is 5.56 Å². The van der Waals surface area contributed by atoms with Crippen molar-refractivity contribution in [1.29, 1.82) is 0 Å². The van der Waals surface area contributed by atoms with Gasteiger partial charge in [0.15, 0.2) is 0 Å². The first kappa shape index (κ1) is 20.2. The molecule has 0 radical (unpaired) electrons. The number of hydrogen-bond donors (Lipinski definition) is 1. The Bertz CT molecular complexity index is 1400. The third-order valence-electron chi connectivity index (χ3n) is 5.22. The van der Waals surface area contributed by atoms with Gasteiger partial charge in [-0.2, -0.15) is 0 Å². The van der Waals surface area contributed by atoms with E-state index in [4.69, 9.17) is 4.74 Å². The maximum absolute atomic E-state index is 13.0. The predicted octanol–water partition coefficient (Wildman–Crippen LogP) is 2.35. The lowest BCUT2D eigenvalue weighted by molar-refractivity contribution is -0.116. The quantitative estimate of drug-likeness (QED) is 0.539. The van der Waals surface area contributed by atoms with E-state index in [2.05, 4.69) is 5.32 Å². The first-order valence-corrected chi connectivity index (χ1v) is 9.69. The molecular weight excluding hydrogens is 396 g/mol. The highest BCUT2D eigenvalue weighted by atomic mass is 16.5. The van der Waals surface area contributed by atoms with Crippen molar-refractivity contribution in [3.8, 4) is 16.9 Å². The number of benzene rings is 2. The van der Waals surface area contributed by atoms with Crippen LogP contribution in [0, 0.1) is 0 Å². The van der Waals surface area contributed by atoms with Gasteiger partial charge in [-0.1, -0.05) is 42.5 Å². The molecule has 0 aliphatic carbocycles. The Hall–Kier alpha value is -4.07. The zero-order chi connectivity index (χ0) is 22.1. The normalized spacial score (nSPS) is 10.9. The third-order valence-corrected chi connectivity index (χ3v) is 5.22. The van der Waals surface area contributed by atoms with Gasteiger partial charge in [0.1, 0.15) is 17.8 Å². The molecular formula is C23H22N4O4. The molecule has 0 fully saturated rings. The summed E-state index contributed by atoms with van der Waals surface area (Å²) in [6, 6.07) is 16.5. The Kier molecular flexibility index (Phi) is 5.21. The summed E-state index contributed by atoms with van der Waals surface area (Å²) in [6.45, 7) is -0.259. The second-order valence-corrected chi connectivity index (χ2v) is 7.20. The number of aryl methyl sites for hydroxylation is 1. The van der Waals surface area contributed by atoms with Gasteiger partial charge in [0.2, 0.25) is 5.91 Å². The van der Waals surface area contributed by atoms with E-state index in [1.54, 1.807) is 42.1 Å². The molecule has 2 aromatic carbocycles. The number of rotatable bonds is 5. The van der Waals surface area contributed by atoms with Crippen LogP contribution in [0.5, 0.6) is 5.75 Å². The average molecular weight is 418 g/mol. The van der Waals surface area contributed by atoms with E-state index in [0.29, 0.717) is 28.0 Å². The van der Waals surface area contributed by atoms with E-state index in [1.807, 2.05) is 30.3 Å². The molecule has 8 heteroatoms. The molecule has 158 valence electrons. The predicted molar refractivity (Wildman–Crippen MR) is 119 cm³/mol. The number of ether oxygens (including phenoxy) is 1. The highest BCUT2D eigenvalue weighted by Crippen LogP contribution is 2.28. The van der Waals surface area contributed by atoms with Crippen molar-refractivity contribution in [3.63, 3.8) is 0 Å². The van der Waals surface area contributed by atoms with Crippen LogP contribution in [0.1, 0.15) is 0 Å². The SMILES string of the molecule is COc1ccccc1NC(=O)Cn1c(=O)n(C)c(=O)c2c1c(-c1ccccc1)cn2C. The number of aromatic nitrogens is 3. The molecule has 1 amide bonds. The second kappa shape index (κ2) is 7.98. The van der Waals surface area contributed by atoms with E-state index in [-0.39, 0.29) is 6.54 Å². The lowest BCUT2D eigenvalue weighted by Gasteiger charge is -2.13. The average Bonchev–Trinajstić information content (AvgIpc) is 3.13. The smallest absolute Gasteiger partial charge is 0.331 e. The van der Waals surface area contributed by atoms with E-state index in [0.717, 1.165) is 10.1 Å². The minimum absolute atomic E-state index is 0.259. The maximum Gasteiger partial charge on any atom is 0.331 e. The lowest BCUT2D eigenvalue weighted by atomic mass is 10.1. The monoisotopic (exact) mass is 418 g/mol. The summed E-state index contributed by atoms with van der Waals surface area (Å²) in [7, 11) is 4.68. The Balaban J connectivity index is 1.86. The number of anilines is 1. The number of para-hydroxylation sites is 2. The van der Waals surface area contributed by atoms with Crippen LogP contribution >= 0.6 is 0 Å². The van der Waals surface area contributed by atoms with Gasteiger partial charge in [0, 0.05) is 25.9 Å². The molecule has 0 saturated heterocycles. The van der Waals surface area contributed by atoms with Crippen LogP contribution in [-0.2, 0) is 25.4 Å². The molecule has 4 rings (SSSR count). The van der Waals surface area contributed by atoms with E-state index >= 15 is 0 Å². The number of carbonyl (C=O) groups is 1. The van der Waals surface area contributed by atoms with Crippen molar-refractivity contribution in [2.24, 2.45) is 14.1 Å². The van der Waals surface area contributed by atoms with Crippen LogP contribution in [0.2, 0.25) is 0 Å². The summed E-state index contributed by atoms with van der Waals surface area (Å²) in [5.74, 6) is 0.105. The molecule has 0 saturated carbocycles. The molecule has 0 spiro atoms. The largest absolute Gasteiger partial charge is 0.495 e. The van der Waals surface area contributed by atoms with E-state index in [1.165, 1.54) is 18.7 Å². The lowest BCUT2D eigenvalue weighted by Crippen LogP contribution is -2.40. The van der Waals surface area contributed by atoms with Gasteiger partial charge >= 0.3 is 5.69 Å². The van der Waals surface area contributed by atoms with E-state index < -0.39 is 17.2 Å². The minimum Gasteiger partial charge on any atom is -0.495 e. The van der Waals surface area contributed by atoms with Crippen LogP contribution < -0.4 is 21.3 Å². The molecule has 31 heavy (non-hydrogen) atoms. The Morgan fingerprint density at radius 1 is 0.968 bits per heavy atom. The molecule has 0 atom stereocenters.